The Morgan fingerprint density at radius 2 is 1.86 bits per heavy atom. The topological polar surface area (TPSA) is 91.7 Å². The largest absolute Gasteiger partial charge is 0.481 e. The second kappa shape index (κ2) is 4.27. The third-order valence-corrected chi connectivity index (χ3v) is 4.38. The number of aliphatic hydroxyl groups is 1. The highest BCUT2D eigenvalue weighted by Crippen LogP contribution is 2.25. The van der Waals surface area contributed by atoms with E-state index >= 15 is 0 Å². The van der Waals surface area contributed by atoms with E-state index in [1.54, 1.807) is 0 Å². The maximum atomic E-state index is 11.2. The zero-order chi connectivity index (χ0) is 10.8. The fourth-order valence-electron chi connectivity index (χ4n) is 1.72. The Morgan fingerprint density at radius 1 is 1.29 bits per heavy atom. The lowest BCUT2D eigenvalue weighted by molar-refractivity contribution is -0.144. The lowest BCUT2D eigenvalue weighted by Crippen LogP contribution is -2.25. The van der Waals surface area contributed by atoms with E-state index in [9.17, 15) is 13.2 Å². The minimum atomic E-state index is -3.10. The predicted octanol–water partition coefficient (Wildman–Crippen LogP) is -0.496. The first kappa shape index (κ1) is 11.5. The van der Waals surface area contributed by atoms with E-state index in [-0.39, 0.29) is 31.0 Å². The zero-order valence-corrected chi connectivity index (χ0v) is 8.53. The maximum Gasteiger partial charge on any atom is 0.306 e. The van der Waals surface area contributed by atoms with Crippen molar-refractivity contribution in [3.8, 4) is 0 Å². The number of aliphatic carboxylic acids is 1. The summed E-state index contributed by atoms with van der Waals surface area (Å²) >= 11 is 0. The van der Waals surface area contributed by atoms with Crippen LogP contribution in [-0.2, 0) is 14.6 Å². The Hall–Kier alpha value is -0.620. The van der Waals surface area contributed by atoms with Crippen LogP contribution in [-0.4, -0.2) is 42.7 Å². The monoisotopic (exact) mass is 222 g/mol. The van der Waals surface area contributed by atoms with E-state index in [1.165, 1.54) is 0 Å². The van der Waals surface area contributed by atoms with Crippen LogP contribution in [0.1, 0.15) is 12.8 Å². The summed E-state index contributed by atoms with van der Waals surface area (Å²) in [5.41, 5.74) is 0. The molecule has 0 bridgehead atoms. The molecule has 6 heteroatoms. The number of carboxylic acid groups (broad SMARTS) is 1. The third kappa shape index (κ3) is 2.68. The van der Waals surface area contributed by atoms with Crippen LogP contribution in [0.2, 0.25) is 0 Å². The normalized spacial score (nSPS) is 32.1. The molecule has 1 rings (SSSR count). The van der Waals surface area contributed by atoms with Crippen LogP contribution in [0.4, 0.5) is 0 Å². The molecule has 1 aliphatic heterocycles. The van der Waals surface area contributed by atoms with Gasteiger partial charge in [0.2, 0.25) is 0 Å². The van der Waals surface area contributed by atoms with Crippen LogP contribution in [0.3, 0.4) is 0 Å². The molecule has 1 saturated heterocycles. The molecule has 0 amide bonds. The lowest BCUT2D eigenvalue weighted by Gasteiger charge is -2.17. The summed E-state index contributed by atoms with van der Waals surface area (Å²) in [6.07, 6.45) is 0.360. The smallest absolute Gasteiger partial charge is 0.306 e. The molecule has 1 fully saturated rings. The Balaban J connectivity index is 2.80. The van der Waals surface area contributed by atoms with Gasteiger partial charge >= 0.3 is 5.97 Å². The minimum absolute atomic E-state index is 0.0119. The molecule has 0 aromatic carbocycles. The van der Waals surface area contributed by atoms with Crippen molar-refractivity contribution in [1.82, 2.24) is 0 Å². The highest BCUT2D eigenvalue weighted by Gasteiger charge is 2.33. The van der Waals surface area contributed by atoms with E-state index in [0.29, 0.717) is 0 Å². The van der Waals surface area contributed by atoms with Crippen LogP contribution >= 0.6 is 0 Å². The molecule has 0 unspecified atom stereocenters. The Kier molecular flexibility index (Phi) is 3.49. The van der Waals surface area contributed by atoms with Crippen LogP contribution in [0.15, 0.2) is 0 Å². The van der Waals surface area contributed by atoms with Crippen LogP contribution in [0.5, 0.6) is 0 Å². The summed E-state index contributed by atoms with van der Waals surface area (Å²) in [6, 6.07) is 0. The minimum Gasteiger partial charge on any atom is -0.481 e. The van der Waals surface area contributed by atoms with E-state index in [0.717, 1.165) is 0 Å². The van der Waals surface area contributed by atoms with Crippen molar-refractivity contribution in [3.05, 3.63) is 0 Å². The van der Waals surface area contributed by atoms with Crippen LogP contribution in [0.25, 0.3) is 0 Å². The fourth-order valence-corrected chi connectivity index (χ4v) is 3.20. The molecule has 0 spiro atoms. The molecule has 1 heterocycles. The zero-order valence-electron chi connectivity index (χ0n) is 7.72. The van der Waals surface area contributed by atoms with Gasteiger partial charge in [-0.25, -0.2) is 8.42 Å². The van der Waals surface area contributed by atoms with Crippen molar-refractivity contribution >= 4 is 15.8 Å². The standard InChI is InChI=1S/C8H14O5S/c9-5-6-1-3-14(12,13)4-2-7(6)8(10)11/h6-7,9H,1-5H2,(H,10,11)/t6-,7+/m0/s1. The van der Waals surface area contributed by atoms with Gasteiger partial charge in [-0.1, -0.05) is 0 Å². The summed E-state index contributed by atoms with van der Waals surface area (Å²) in [4.78, 5) is 10.8. The van der Waals surface area contributed by atoms with Gasteiger partial charge in [-0.05, 0) is 18.8 Å². The van der Waals surface area contributed by atoms with Gasteiger partial charge in [0.05, 0.1) is 17.4 Å². The Morgan fingerprint density at radius 3 is 2.36 bits per heavy atom. The van der Waals surface area contributed by atoms with Crippen molar-refractivity contribution in [2.24, 2.45) is 11.8 Å². The number of carboxylic acids is 1. The van der Waals surface area contributed by atoms with E-state index in [1.807, 2.05) is 0 Å². The number of aliphatic hydroxyl groups excluding tert-OH is 1. The molecule has 82 valence electrons. The highest BCUT2D eigenvalue weighted by molar-refractivity contribution is 7.91. The first-order valence-corrected chi connectivity index (χ1v) is 6.32. The quantitative estimate of drug-likeness (QED) is 0.657. The van der Waals surface area contributed by atoms with E-state index in [2.05, 4.69) is 0 Å². The second-order valence-corrected chi connectivity index (χ2v) is 5.92. The molecule has 0 aliphatic carbocycles. The first-order valence-electron chi connectivity index (χ1n) is 4.50. The number of carbonyl (C=O) groups is 1. The van der Waals surface area contributed by atoms with Gasteiger partial charge in [-0.3, -0.25) is 4.79 Å². The van der Waals surface area contributed by atoms with Gasteiger partial charge in [0.15, 0.2) is 0 Å². The molecule has 1 aliphatic rings. The van der Waals surface area contributed by atoms with Gasteiger partial charge in [-0.2, -0.15) is 0 Å². The van der Waals surface area contributed by atoms with Gasteiger partial charge < -0.3 is 10.2 Å². The number of rotatable bonds is 2. The summed E-state index contributed by atoms with van der Waals surface area (Å²) in [5, 5.41) is 17.8. The van der Waals surface area contributed by atoms with Gasteiger partial charge in [0.1, 0.15) is 9.84 Å². The van der Waals surface area contributed by atoms with Crippen LogP contribution in [0, 0.1) is 11.8 Å². The molecule has 2 atom stereocenters. The summed E-state index contributed by atoms with van der Waals surface area (Å²) in [5.74, 6) is -2.26. The van der Waals surface area contributed by atoms with Crippen molar-refractivity contribution in [2.45, 2.75) is 12.8 Å². The number of sulfone groups is 1. The molecule has 5 nitrogen and oxygen atoms in total. The van der Waals surface area contributed by atoms with Crippen molar-refractivity contribution < 1.29 is 23.4 Å². The first-order chi connectivity index (χ1) is 6.46. The molecule has 0 aromatic heterocycles. The van der Waals surface area contributed by atoms with Crippen molar-refractivity contribution in [2.75, 3.05) is 18.1 Å². The molecule has 0 radical (unpaired) electrons. The van der Waals surface area contributed by atoms with E-state index < -0.39 is 27.6 Å². The Labute approximate surface area is 82.7 Å². The second-order valence-electron chi connectivity index (χ2n) is 3.62. The molecule has 2 N–H and O–H groups in total. The van der Waals surface area contributed by atoms with Crippen LogP contribution < -0.4 is 0 Å². The SMILES string of the molecule is O=C(O)[C@@H]1CCS(=O)(=O)CC[C@H]1CO. The fraction of sp³-hybridized carbons (Fsp3) is 0.875. The molecule has 14 heavy (non-hydrogen) atoms. The molecule has 0 saturated carbocycles. The average molecular weight is 222 g/mol. The highest BCUT2D eigenvalue weighted by atomic mass is 32.2. The third-order valence-electron chi connectivity index (χ3n) is 2.66. The number of hydrogen-bond donors (Lipinski definition) is 2. The van der Waals surface area contributed by atoms with E-state index in [4.69, 9.17) is 10.2 Å². The molecular formula is C8H14O5S. The predicted molar refractivity (Wildman–Crippen MR) is 49.6 cm³/mol. The summed E-state index contributed by atoms with van der Waals surface area (Å²) < 4.78 is 22.5. The maximum absolute atomic E-state index is 11.2. The summed E-state index contributed by atoms with van der Waals surface area (Å²) in [6.45, 7) is -0.257. The molecular weight excluding hydrogens is 208 g/mol. The van der Waals surface area contributed by atoms with Crippen molar-refractivity contribution in [1.29, 1.82) is 0 Å². The summed E-state index contributed by atoms with van der Waals surface area (Å²) in [7, 11) is -3.10. The average Bonchev–Trinajstić information content (AvgIpc) is 2.23. The number of hydrogen-bond acceptors (Lipinski definition) is 4. The molecule has 0 aromatic rings. The van der Waals surface area contributed by atoms with Crippen molar-refractivity contribution in [3.63, 3.8) is 0 Å². The Bertz CT molecular complexity index is 308. The van der Waals surface area contributed by atoms with Gasteiger partial charge in [0, 0.05) is 6.61 Å². The van der Waals surface area contributed by atoms with Gasteiger partial charge in [0.25, 0.3) is 0 Å². The van der Waals surface area contributed by atoms with Gasteiger partial charge in [-0.15, -0.1) is 0 Å². The lowest BCUT2D eigenvalue weighted by atomic mass is 9.89.